The van der Waals surface area contributed by atoms with E-state index in [-0.39, 0.29) is 17.9 Å². The Morgan fingerprint density at radius 2 is 1.77 bits per heavy atom. The van der Waals surface area contributed by atoms with E-state index < -0.39 is 18.6 Å². The highest BCUT2D eigenvalue weighted by atomic mass is 16.7. The highest BCUT2D eigenvalue weighted by Crippen LogP contribution is 2.67. The molecule has 40 heavy (non-hydrogen) atoms. The van der Waals surface area contributed by atoms with Gasteiger partial charge in [0.15, 0.2) is 0 Å². The number of hydrogen-bond acceptors (Lipinski definition) is 6. The molecule has 0 aromatic rings. The number of nitrogens with one attached hydrogen (secondary N) is 1. The van der Waals surface area contributed by atoms with E-state index in [0.717, 1.165) is 55.4 Å². The Hall–Kier alpha value is -2.00. The van der Waals surface area contributed by atoms with Crippen LogP contribution in [0.2, 0.25) is 0 Å². The normalized spacial score (nSPS) is 35.9. The summed E-state index contributed by atoms with van der Waals surface area (Å²) in [5.41, 5.74) is 1.27. The molecular weight excluding hydrogens is 508 g/mol. The van der Waals surface area contributed by atoms with Crippen molar-refractivity contribution in [2.45, 2.75) is 78.6 Å². The summed E-state index contributed by atoms with van der Waals surface area (Å²) in [4.78, 5) is 43.0. The van der Waals surface area contributed by atoms with Crippen molar-refractivity contribution in [3.05, 3.63) is 0 Å². The van der Waals surface area contributed by atoms with Gasteiger partial charge in [-0.15, -0.1) is 0 Å². The molecule has 0 aromatic heterocycles. The Morgan fingerprint density at radius 1 is 1.05 bits per heavy atom. The van der Waals surface area contributed by atoms with Crippen LogP contribution in [-0.4, -0.2) is 91.9 Å². The molecule has 4 aliphatic rings. The molecule has 0 aliphatic heterocycles. The van der Waals surface area contributed by atoms with Crippen LogP contribution in [0.3, 0.4) is 0 Å². The molecule has 0 saturated heterocycles. The lowest BCUT2D eigenvalue weighted by Gasteiger charge is -2.60. The summed E-state index contributed by atoms with van der Waals surface area (Å²) in [5.74, 6) is 2.24. The third-order valence-corrected chi connectivity index (χ3v) is 11.4. The standard InChI is InChI=1S/C31H52N4O5/c1-21(33-40-29(39)34(20-28(37)38)17-15-32-16-18-35(4,5)6)25-9-10-26-24-8-7-22-19-23(36)11-13-30(22,2)27(24)12-14-31(25,26)3/h22,24-27,32H,7-20H2,1-6H3/p+1/b33-21+/t22-,24-,25+,26-,27-,30-,31+/m0/s1. The summed E-state index contributed by atoms with van der Waals surface area (Å²) in [6, 6.07) is 0. The summed E-state index contributed by atoms with van der Waals surface area (Å²) in [5, 5.41) is 16.9. The van der Waals surface area contributed by atoms with Gasteiger partial charge >= 0.3 is 12.1 Å². The lowest BCUT2D eigenvalue weighted by molar-refractivity contribution is -0.869. The summed E-state index contributed by atoms with van der Waals surface area (Å²) >= 11 is 0. The molecule has 7 atom stereocenters. The molecule has 0 aromatic carbocycles. The Bertz CT molecular complexity index is 993. The van der Waals surface area contributed by atoms with Crippen molar-refractivity contribution in [1.29, 1.82) is 0 Å². The molecule has 4 aliphatic carbocycles. The highest BCUT2D eigenvalue weighted by molar-refractivity contribution is 5.86. The summed E-state index contributed by atoms with van der Waals surface area (Å²) in [6.45, 7) is 8.89. The van der Waals surface area contributed by atoms with Crippen molar-refractivity contribution in [1.82, 2.24) is 10.2 Å². The van der Waals surface area contributed by atoms with Crippen molar-refractivity contribution in [3.63, 3.8) is 0 Å². The van der Waals surface area contributed by atoms with Gasteiger partial charge < -0.3 is 14.9 Å². The third-order valence-electron chi connectivity index (χ3n) is 11.4. The fourth-order valence-electron chi connectivity index (χ4n) is 9.12. The van der Waals surface area contributed by atoms with Crippen LogP contribution in [-0.2, 0) is 14.4 Å². The first kappa shape index (κ1) is 30.9. The SMILES string of the molecule is C/C(=N\OC(=O)N(CCNCC[N+](C)(C)C)CC(=O)O)[C@H]1CC[C@H]2[C@@H]3CC[C@H]4CC(=O)CC[C@]4(C)[C@H]3CC[C@]12C. The van der Waals surface area contributed by atoms with Gasteiger partial charge in [-0.2, -0.15) is 0 Å². The molecule has 0 unspecified atom stereocenters. The van der Waals surface area contributed by atoms with Crippen molar-refractivity contribution in [2.24, 2.45) is 45.6 Å². The topological polar surface area (TPSA) is 108 Å². The molecule has 0 spiro atoms. The van der Waals surface area contributed by atoms with Crippen molar-refractivity contribution >= 4 is 23.6 Å². The smallest absolute Gasteiger partial charge is 0.436 e. The molecule has 9 nitrogen and oxygen atoms in total. The quantitative estimate of drug-likeness (QED) is 0.135. The molecule has 0 radical (unpaired) electrons. The van der Waals surface area contributed by atoms with Crippen LogP contribution in [0.4, 0.5) is 4.79 Å². The maximum Gasteiger partial charge on any atom is 0.436 e. The monoisotopic (exact) mass is 561 g/mol. The fraction of sp³-hybridized carbons (Fsp3) is 0.871. The van der Waals surface area contributed by atoms with Crippen molar-refractivity contribution in [2.75, 3.05) is 53.9 Å². The van der Waals surface area contributed by atoms with Gasteiger partial charge in [-0.25, -0.2) is 4.79 Å². The van der Waals surface area contributed by atoms with Gasteiger partial charge in [-0.3, -0.25) is 19.3 Å². The predicted molar refractivity (Wildman–Crippen MR) is 155 cm³/mol. The highest BCUT2D eigenvalue weighted by Gasteiger charge is 2.60. The maximum absolute atomic E-state index is 12.8. The maximum atomic E-state index is 12.8. The van der Waals surface area contributed by atoms with Crippen LogP contribution >= 0.6 is 0 Å². The number of carboxylic acid groups (broad SMARTS) is 1. The van der Waals surface area contributed by atoms with Crippen LogP contribution < -0.4 is 5.32 Å². The number of quaternary nitrogens is 1. The zero-order chi connectivity index (χ0) is 29.3. The average Bonchev–Trinajstić information content (AvgIpc) is 3.23. The Balaban J connectivity index is 1.36. The molecule has 226 valence electrons. The first-order valence-electron chi connectivity index (χ1n) is 15.5. The number of ketones is 1. The van der Waals surface area contributed by atoms with Crippen LogP contribution in [0.25, 0.3) is 0 Å². The average molecular weight is 562 g/mol. The van der Waals surface area contributed by atoms with Crippen LogP contribution in [0.15, 0.2) is 5.16 Å². The van der Waals surface area contributed by atoms with E-state index in [1.165, 1.54) is 30.6 Å². The number of amides is 1. The molecule has 4 saturated carbocycles. The molecule has 0 heterocycles. The largest absolute Gasteiger partial charge is 0.480 e. The third kappa shape index (κ3) is 6.56. The van der Waals surface area contributed by atoms with Crippen LogP contribution in [0.5, 0.6) is 0 Å². The Labute approximate surface area is 240 Å². The second-order valence-corrected chi connectivity index (χ2v) is 14.7. The van der Waals surface area contributed by atoms with Gasteiger partial charge in [-0.1, -0.05) is 19.0 Å². The Morgan fingerprint density at radius 3 is 2.48 bits per heavy atom. The first-order chi connectivity index (χ1) is 18.7. The van der Waals surface area contributed by atoms with Gasteiger partial charge in [-0.05, 0) is 86.4 Å². The van der Waals surface area contributed by atoms with Gasteiger partial charge in [0, 0.05) is 38.4 Å². The minimum Gasteiger partial charge on any atom is -0.480 e. The van der Waals surface area contributed by atoms with Crippen LogP contribution in [0, 0.1) is 40.4 Å². The second kappa shape index (κ2) is 12.1. The van der Waals surface area contributed by atoms with E-state index >= 15 is 0 Å². The van der Waals surface area contributed by atoms with Crippen LogP contribution in [0.1, 0.15) is 78.6 Å². The number of carbonyl (C=O) groups excluding carboxylic acids is 2. The first-order valence-corrected chi connectivity index (χ1v) is 15.5. The number of rotatable bonds is 10. The number of carboxylic acids is 1. The Kier molecular flexibility index (Phi) is 9.35. The number of aliphatic carboxylic acids is 1. The molecule has 9 heteroatoms. The summed E-state index contributed by atoms with van der Waals surface area (Å²) in [6.07, 6.45) is 8.85. The minimum atomic E-state index is -1.07. The lowest BCUT2D eigenvalue weighted by atomic mass is 9.44. The van der Waals surface area contributed by atoms with E-state index in [0.29, 0.717) is 41.4 Å². The second-order valence-electron chi connectivity index (χ2n) is 14.7. The number of nitrogens with zero attached hydrogens (tertiary/aromatic N) is 3. The molecule has 4 fully saturated rings. The number of hydrogen-bond donors (Lipinski definition) is 2. The van der Waals surface area contributed by atoms with Crippen molar-refractivity contribution < 1.29 is 28.8 Å². The molecular formula is C31H53N4O5+. The number of oxime groups is 1. The van der Waals surface area contributed by atoms with Gasteiger partial charge in [0.1, 0.15) is 12.3 Å². The van der Waals surface area contributed by atoms with Gasteiger partial charge in [0.05, 0.1) is 33.4 Å². The van der Waals surface area contributed by atoms with E-state index in [1.807, 2.05) is 6.92 Å². The van der Waals surface area contributed by atoms with Crippen molar-refractivity contribution in [3.8, 4) is 0 Å². The van der Waals surface area contributed by atoms with E-state index in [4.69, 9.17) is 4.84 Å². The minimum absolute atomic E-state index is 0.130. The zero-order valence-corrected chi connectivity index (χ0v) is 25.7. The lowest BCUT2D eigenvalue weighted by Crippen LogP contribution is -2.53. The summed E-state index contributed by atoms with van der Waals surface area (Å²) < 4.78 is 0.824. The van der Waals surface area contributed by atoms with E-state index in [1.54, 1.807) is 0 Å². The molecule has 0 bridgehead atoms. The predicted octanol–water partition coefficient (Wildman–Crippen LogP) is 4.41. The molecule has 4 rings (SSSR count). The number of carbonyl (C=O) groups is 3. The number of Topliss-reactive ketones (excluding diaryl/α,β-unsaturated/α-hetero) is 1. The molecule has 1 amide bonds. The zero-order valence-electron chi connectivity index (χ0n) is 25.7. The van der Waals surface area contributed by atoms with Gasteiger partial charge in [0.2, 0.25) is 0 Å². The number of fused-ring (bicyclic) bond motifs is 5. The summed E-state index contributed by atoms with van der Waals surface area (Å²) in [7, 11) is 6.33. The van der Waals surface area contributed by atoms with E-state index in [9.17, 15) is 19.5 Å². The fourth-order valence-corrected chi connectivity index (χ4v) is 9.12. The molecule has 2 N–H and O–H groups in total. The van der Waals surface area contributed by atoms with Gasteiger partial charge in [0.25, 0.3) is 0 Å². The number of likely N-dealkylation sites (N-methyl/N-ethyl adjacent to an activating group) is 1. The van der Waals surface area contributed by atoms with E-state index in [2.05, 4.69) is 45.5 Å².